The van der Waals surface area contributed by atoms with Crippen LogP contribution in [0.3, 0.4) is 0 Å². The molecule has 0 aliphatic rings. The van der Waals surface area contributed by atoms with Crippen molar-refractivity contribution in [1.29, 1.82) is 0 Å². The van der Waals surface area contributed by atoms with Crippen LogP contribution in [0.4, 0.5) is 0 Å². The van der Waals surface area contributed by atoms with Gasteiger partial charge in [-0.1, -0.05) is 82.0 Å². The number of benzene rings is 3. The van der Waals surface area contributed by atoms with Gasteiger partial charge in [0.1, 0.15) is 0 Å². The molecule has 0 unspecified atom stereocenters. The fourth-order valence-electron chi connectivity index (χ4n) is 2.60. The normalized spacial score (nSPS) is 10.0. The Morgan fingerprint density at radius 3 is 2.30 bits per heavy atom. The van der Waals surface area contributed by atoms with Crippen LogP contribution in [0.15, 0.2) is 83.3 Å². The topological polar surface area (TPSA) is 20.3 Å². The molecule has 0 spiro atoms. The SMILES string of the molecule is O=C(C#Cc1ccccc1)N(Cc1ccccc1)Cc1cc(Cl)ccc1Br. The Labute approximate surface area is 172 Å². The van der Waals surface area contributed by atoms with Gasteiger partial charge in [-0.15, -0.1) is 0 Å². The van der Waals surface area contributed by atoms with E-state index in [1.165, 1.54) is 0 Å². The van der Waals surface area contributed by atoms with Gasteiger partial charge in [0.05, 0.1) is 0 Å². The first-order valence-corrected chi connectivity index (χ1v) is 9.63. The minimum atomic E-state index is -0.227. The molecule has 1 amide bonds. The number of amides is 1. The molecule has 0 saturated heterocycles. The molecule has 0 atom stereocenters. The number of carbonyl (C=O) groups is 1. The van der Waals surface area contributed by atoms with Crippen LogP contribution in [0.5, 0.6) is 0 Å². The number of hydrogen-bond acceptors (Lipinski definition) is 1. The number of carbonyl (C=O) groups excluding carboxylic acids is 1. The van der Waals surface area contributed by atoms with E-state index in [4.69, 9.17) is 11.6 Å². The van der Waals surface area contributed by atoms with Gasteiger partial charge in [0.15, 0.2) is 0 Å². The highest BCUT2D eigenvalue weighted by Gasteiger charge is 2.14. The lowest BCUT2D eigenvalue weighted by Gasteiger charge is -2.21. The van der Waals surface area contributed by atoms with Gasteiger partial charge in [0.25, 0.3) is 5.91 Å². The third-order valence-corrected chi connectivity index (χ3v) is 4.97. The number of rotatable bonds is 4. The number of halogens is 2. The van der Waals surface area contributed by atoms with Gasteiger partial charge >= 0.3 is 0 Å². The second kappa shape index (κ2) is 9.41. The second-order valence-corrected chi connectivity index (χ2v) is 7.29. The van der Waals surface area contributed by atoms with Crippen LogP contribution in [-0.2, 0) is 17.9 Å². The van der Waals surface area contributed by atoms with E-state index in [0.717, 1.165) is 21.2 Å². The fraction of sp³-hybridized carbons (Fsp3) is 0.0870. The highest BCUT2D eigenvalue weighted by atomic mass is 79.9. The molecule has 4 heteroatoms. The van der Waals surface area contributed by atoms with Gasteiger partial charge < -0.3 is 4.90 Å². The van der Waals surface area contributed by atoms with Gasteiger partial charge in [-0.25, -0.2) is 0 Å². The first kappa shape index (κ1) is 19.2. The van der Waals surface area contributed by atoms with Crippen LogP contribution >= 0.6 is 27.5 Å². The molecule has 134 valence electrons. The van der Waals surface area contributed by atoms with E-state index >= 15 is 0 Å². The average molecular weight is 439 g/mol. The highest BCUT2D eigenvalue weighted by molar-refractivity contribution is 9.10. The summed E-state index contributed by atoms with van der Waals surface area (Å²) in [6, 6.07) is 24.9. The summed E-state index contributed by atoms with van der Waals surface area (Å²) < 4.78 is 0.911. The highest BCUT2D eigenvalue weighted by Crippen LogP contribution is 2.23. The Bertz CT molecular complexity index is 978. The molecule has 0 N–H and O–H groups in total. The van der Waals surface area contributed by atoms with Crippen molar-refractivity contribution in [3.05, 3.63) is 105 Å². The summed E-state index contributed by atoms with van der Waals surface area (Å²) in [6.07, 6.45) is 0. The summed E-state index contributed by atoms with van der Waals surface area (Å²) in [7, 11) is 0. The predicted molar refractivity (Wildman–Crippen MR) is 113 cm³/mol. The molecule has 0 bridgehead atoms. The Kier molecular flexibility index (Phi) is 6.70. The summed E-state index contributed by atoms with van der Waals surface area (Å²) in [5, 5.41) is 0.635. The maximum absolute atomic E-state index is 12.8. The zero-order valence-corrected chi connectivity index (χ0v) is 16.9. The monoisotopic (exact) mass is 437 g/mol. The lowest BCUT2D eigenvalue weighted by atomic mass is 10.1. The van der Waals surface area contributed by atoms with Crippen LogP contribution in [0.2, 0.25) is 5.02 Å². The molecule has 0 aromatic heterocycles. The Morgan fingerprint density at radius 1 is 0.926 bits per heavy atom. The van der Waals surface area contributed by atoms with Crippen molar-refractivity contribution >= 4 is 33.4 Å². The maximum atomic E-state index is 12.8. The molecule has 0 saturated carbocycles. The van der Waals surface area contributed by atoms with Crippen molar-refractivity contribution in [2.45, 2.75) is 13.1 Å². The van der Waals surface area contributed by atoms with Crippen molar-refractivity contribution in [1.82, 2.24) is 4.90 Å². The van der Waals surface area contributed by atoms with E-state index in [-0.39, 0.29) is 5.91 Å². The zero-order valence-electron chi connectivity index (χ0n) is 14.5. The molecule has 0 aliphatic carbocycles. The molecule has 2 nitrogen and oxygen atoms in total. The van der Waals surface area contributed by atoms with E-state index < -0.39 is 0 Å². The Hall–Kier alpha value is -2.54. The summed E-state index contributed by atoms with van der Waals surface area (Å²) in [5.41, 5.74) is 2.80. The summed E-state index contributed by atoms with van der Waals surface area (Å²) in [4.78, 5) is 14.5. The minimum Gasteiger partial charge on any atom is -0.323 e. The average Bonchev–Trinajstić information content (AvgIpc) is 2.70. The number of nitrogens with zero attached hydrogens (tertiary/aromatic N) is 1. The fourth-order valence-corrected chi connectivity index (χ4v) is 3.17. The van der Waals surface area contributed by atoms with Gasteiger partial charge in [0, 0.05) is 34.1 Å². The Morgan fingerprint density at radius 2 is 1.59 bits per heavy atom. The van der Waals surface area contributed by atoms with Crippen molar-refractivity contribution in [3.8, 4) is 11.8 Å². The molecule has 0 heterocycles. The molecule has 0 fully saturated rings. The predicted octanol–water partition coefficient (Wildman–Crippen LogP) is 5.68. The van der Waals surface area contributed by atoms with Gasteiger partial charge in [-0.2, -0.15) is 0 Å². The minimum absolute atomic E-state index is 0.227. The molecule has 3 aromatic rings. The van der Waals surface area contributed by atoms with Crippen LogP contribution in [0, 0.1) is 11.8 Å². The zero-order chi connectivity index (χ0) is 19.1. The Balaban J connectivity index is 1.86. The van der Waals surface area contributed by atoms with E-state index in [1.807, 2.05) is 78.9 Å². The maximum Gasteiger partial charge on any atom is 0.299 e. The third kappa shape index (κ3) is 5.72. The smallest absolute Gasteiger partial charge is 0.299 e. The summed E-state index contributed by atoms with van der Waals surface area (Å²) in [6.45, 7) is 0.889. The number of hydrogen-bond donors (Lipinski definition) is 0. The molecule has 3 aromatic carbocycles. The van der Waals surface area contributed by atoms with E-state index in [0.29, 0.717) is 18.1 Å². The molecular weight excluding hydrogens is 422 g/mol. The standard InChI is InChI=1S/C23H17BrClNO/c24-22-13-12-21(25)15-20(22)17-26(16-19-9-5-2-6-10-19)23(27)14-11-18-7-3-1-4-8-18/h1-10,12-13,15H,16-17H2. The van der Waals surface area contributed by atoms with Crippen LogP contribution in [-0.4, -0.2) is 10.8 Å². The third-order valence-electron chi connectivity index (χ3n) is 3.96. The van der Waals surface area contributed by atoms with Crippen molar-refractivity contribution in [2.75, 3.05) is 0 Å². The summed E-state index contributed by atoms with van der Waals surface area (Å²) in [5.74, 6) is 5.48. The molecule has 0 aliphatic heterocycles. The van der Waals surface area contributed by atoms with Gasteiger partial charge in [-0.3, -0.25) is 4.79 Å². The largest absolute Gasteiger partial charge is 0.323 e. The van der Waals surface area contributed by atoms with Gasteiger partial charge in [-0.05, 0) is 41.5 Å². The summed E-state index contributed by atoms with van der Waals surface area (Å²) >= 11 is 9.67. The van der Waals surface area contributed by atoms with E-state index in [9.17, 15) is 4.79 Å². The van der Waals surface area contributed by atoms with Crippen molar-refractivity contribution in [3.63, 3.8) is 0 Å². The van der Waals surface area contributed by atoms with Crippen LogP contribution < -0.4 is 0 Å². The van der Waals surface area contributed by atoms with Crippen molar-refractivity contribution < 1.29 is 4.79 Å². The molecule has 3 rings (SSSR count). The van der Waals surface area contributed by atoms with Crippen LogP contribution in [0.1, 0.15) is 16.7 Å². The van der Waals surface area contributed by atoms with Crippen molar-refractivity contribution in [2.24, 2.45) is 0 Å². The quantitative estimate of drug-likeness (QED) is 0.480. The first-order valence-electron chi connectivity index (χ1n) is 8.45. The first-order chi connectivity index (χ1) is 13.1. The van der Waals surface area contributed by atoms with E-state index in [1.54, 1.807) is 4.90 Å². The molecule has 27 heavy (non-hydrogen) atoms. The molecular formula is C23H17BrClNO. The molecule has 0 radical (unpaired) electrons. The second-order valence-electron chi connectivity index (χ2n) is 6.00. The lowest BCUT2D eigenvalue weighted by molar-refractivity contribution is -0.126. The van der Waals surface area contributed by atoms with E-state index in [2.05, 4.69) is 27.8 Å². The van der Waals surface area contributed by atoms with Gasteiger partial charge in [0.2, 0.25) is 0 Å². The lowest BCUT2D eigenvalue weighted by Crippen LogP contribution is -2.29. The van der Waals surface area contributed by atoms with Crippen LogP contribution in [0.25, 0.3) is 0 Å².